The van der Waals surface area contributed by atoms with E-state index in [0.717, 1.165) is 70.4 Å². The van der Waals surface area contributed by atoms with Crippen molar-refractivity contribution >= 4 is 5.97 Å². The topological polar surface area (TPSA) is 44.8 Å². The Labute approximate surface area is 230 Å². The van der Waals surface area contributed by atoms with Crippen molar-refractivity contribution in [2.45, 2.75) is 64.8 Å². The predicted octanol–water partition coefficient (Wildman–Crippen LogP) is 8.47. The lowest BCUT2D eigenvalue weighted by Crippen LogP contribution is -2.44. The molecule has 0 spiro atoms. The lowest BCUT2D eigenvalue weighted by molar-refractivity contribution is -0.131. The van der Waals surface area contributed by atoms with E-state index in [1.807, 2.05) is 66.7 Å². The van der Waals surface area contributed by atoms with E-state index in [-0.39, 0.29) is 5.97 Å². The minimum Gasteiger partial charge on any atom is -0.482 e. The molecule has 0 aromatic heterocycles. The molecular weight excluding hydrogens is 484 g/mol. The lowest BCUT2D eigenvalue weighted by atomic mass is 9.82. The van der Waals surface area contributed by atoms with Crippen LogP contribution in [0.25, 0.3) is 11.1 Å². The molecule has 2 aliphatic rings. The van der Waals surface area contributed by atoms with Crippen molar-refractivity contribution in [3.05, 3.63) is 118 Å². The average Bonchev–Trinajstić information content (AvgIpc) is 2.93. The molecular formula is C35H34O4. The summed E-state index contributed by atoms with van der Waals surface area (Å²) in [5, 5.41) is 0. The molecule has 4 nitrogen and oxygen atoms in total. The first kappa shape index (κ1) is 25.2. The van der Waals surface area contributed by atoms with Gasteiger partial charge in [0.1, 0.15) is 16.9 Å². The highest BCUT2D eigenvalue weighted by molar-refractivity contribution is 6.01. The fourth-order valence-corrected chi connectivity index (χ4v) is 5.89. The molecule has 0 atom stereocenters. The van der Waals surface area contributed by atoms with Gasteiger partial charge in [-0.2, -0.15) is 0 Å². The van der Waals surface area contributed by atoms with Crippen molar-refractivity contribution in [2.75, 3.05) is 0 Å². The van der Waals surface area contributed by atoms with Crippen LogP contribution in [0.15, 0.2) is 84.9 Å². The number of ether oxygens (including phenoxy) is 3. The maximum Gasteiger partial charge on any atom is 0.346 e. The van der Waals surface area contributed by atoms with E-state index < -0.39 is 11.4 Å². The van der Waals surface area contributed by atoms with Crippen LogP contribution in [0.2, 0.25) is 0 Å². The average molecular weight is 519 g/mol. The number of carbonyl (C=O) groups is 1. The van der Waals surface area contributed by atoms with Crippen molar-refractivity contribution in [3.8, 4) is 22.6 Å². The molecule has 0 fully saturated rings. The van der Waals surface area contributed by atoms with Crippen molar-refractivity contribution in [2.24, 2.45) is 0 Å². The van der Waals surface area contributed by atoms with Crippen molar-refractivity contribution in [1.82, 2.24) is 0 Å². The molecule has 0 bridgehead atoms. The summed E-state index contributed by atoms with van der Waals surface area (Å²) >= 11 is 0. The summed E-state index contributed by atoms with van der Waals surface area (Å²) in [6, 6.07) is 27.9. The first-order valence-electron chi connectivity index (χ1n) is 13.9. The van der Waals surface area contributed by atoms with Gasteiger partial charge < -0.3 is 14.2 Å². The molecule has 0 saturated heterocycles. The molecule has 198 valence electrons. The first-order chi connectivity index (χ1) is 18.8. The van der Waals surface area contributed by atoms with Crippen LogP contribution < -0.4 is 9.47 Å². The van der Waals surface area contributed by atoms with Gasteiger partial charge >= 0.3 is 11.8 Å². The van der Waals surface area contributed by atoms with Crippen molar-refractivity contribution in [1.29, 1.82) is 0 Å². The number of esters is 1. The number of carbonyl (C=O) groups excluding carboxylic acids is 1. The normalized spacial score (nSPS) is 16.2. The predicted molar refractivity (Wildman–Crippen MR) is 153 cm³/mol. The molecule has 0 amide bonds. The smallest absolute Gasteiger partial charge is 0.346 e. The zero-order valence-corrected chi connectivity index (χ0v) is 23.0. The van der Waals surface area contributed by atoms with Crippen LogP contribution in [0.3, 0.4) is 0 Å². The molecule has 4 aromatic rings. The summed E-state index contributed by atoms with van der Waals surface area (Å²) in [5.41, 5.74) is 6.42. The van der Waals surface area contributed by atoms with Gasteiger partial charge in [-0.3, -0.25) is 0 Å². The van der Waals surface area contributed by atoms with E-state index in [9.17, 15) is 4.79 Å². The summed E-state index contributed by atoms with van der Waals surface area (Å²) in [7, 11) is 0. The number of rotatable bonds is 6. The molecule has 0 N–H and O–H groups in total. The number of cyclic esters (lactones) is 1. The Morgan fingerprint density at radius 3 is 2.05 bits per heavy atom. The standard InChI is InChI=1S/C35H34O4/c1-5-6-9-14-24-22-29-31(27-21-23(2)19-20-28(27)34(3,4)37-29)32-30(24)33(36)39-35(38-32,25-15-10-7-11-16-25)26-17-12-8-13-18-26/h7-8,10-13,15-22H,5-6,9,14H2,1-4H3. The SMILES string of the molecule is CCCCCc1cc2c(c3c1C(=O)OC(c1ccccc1)(c1ccccc1)O3)-c1cc(C)ccc1C(C)(C)O2. The van der Waals surface area contributed by atoms with Gasteiger partial charge in [-0.1, -0.05) is 104 Å². The number of hydrogen-bond acceptors (Lipinski definition) is 4. The molecule has 4 aromatic carbocycles. The van der Waals surface area contributed by atoms with E-state index in [4.69, 9.17) is 14.2 Å². The second-order valence-corrected chi connectivity index (χ2v) is 11.1. The molecule has 2 heterocycles. The number of fused-ring (bicyclic) bond motifs is 5. The number of hydrogen-bond donors (Lipinski definition) is 0. The van der Waals surface area contributed by atoms with E-state index in [1.54, 1.807) is 0 Å². The summed E-state index contributed by atoms with van der Waals surface area (Å²) < 4.78 is 20.1. The monoisotopic (exact) mass is 518 g/mol. The zero-order chi connectivity index (χ0) is 27.2. The Kier molecular flexibility index (Phi) is 6.22. The Morgan fingerprint density at radius 1 is 0.744 bits per heavy atom. The molecule has 0 unspecified atom stereocenters. The van der Waals surface area contributed by atoms with Gasteiger partial charge in [0.2, 0.25) is 0 Å². The van der Waals surface area contributed by atoms with Crippen LogP contribution in [0.5, 0.6) is 11.5 Å². The number of aryl methyl sites for hydroxylation is 2. The Hall–Kier alpha value is -4.05. The van der Waals surface area contributed by atoms with Gasteiger partial charge in [-0.05, 0) is 50.8 Å². The van der Waals surface area contributed by atoms with Gasteiger partial charge in [0.05, 0.1) is 5.56 Å². The Balaban J connectivity index is 1.65. The van der Waals surface area contributed by atoms with Crippen LogP contribution in [0.1, 0.15) is 78.2 Å². The van der Waals surface area contributed by atoms with Gasteiger partial charge in [0.25, 0.3) is 0 Å². The first-order valence-corrected chi connectivity index (χ1v) is 13.9. The van der Waals surface area contributed by atoms with E-state index in [2.05, 4.69) is 45.9 Å². The van der Waals surface area contributed by atoms with Crippen LogP contribution in [0.4, 0.5) is 0 Å². The summed E-state index contributed by atoms with van der Waals surface area (Å²) in [5.74, 6) is -0.532. The van der Waals surface area contributed by atoms with Gasteiger partial charge in [0.15, 0.2) is 5.75 Å². The Bertz CT molecular complexity index is 1500. The molecule has 39 heavy (non-hydrogen) atoms. The minimum atomic E-state index is -1.43. The lowest BCUT2D eigenvalue weighted by Gasteiger charge is -2.42. The third-order valence-electron chi connectivity index (χ3n) is 7.83. The Morgan fingerprint density at radius 2 is 1.41 bits per heavy atom. The zero-order valence-electron chi connectivity index (χ0n) is 23.0. The number of benzene rings is 4. The molecule has 0 radical (unpaired) electrons. The largest absolute Gasteiger partial charge is 0.482 e. The van der Waals surface area contributed by atoms with Gasteiger partial charge in [-0.25, -0.2) is 4.79 Å². The summed E-state index contributed by atoms with van der Waals surface area (Å²) in [6.07, 6.45) is 3.89. The molecule has 0 aliphatic carbocycles. The highest BCUT2D eigenvalue weighted by atomic mass is 16.7. The fourth-order valence-electron chi connectivity index (χ4n) is 5.89. The molecule has 6 rings (SSSR count). The van der Waals surface area contributed by atoms with Crippen molar-refractivity contribution in [3.63, 3.8) is 0 Å². The summed E-state index contributed by atoms with van der Waals surface area (Å²) in [4.78, 5) is 14.2. The second-order valence-electron chi connectivity index (χ2n) is 11.1. The third kappa shape index (κ3) is 4.19. The van der Waals surface area contributed by atoms with E-state index in [0.29, 0.717) is 11.3 Å². The van der Waals surface area contributed by atoms with E-state index >= 15 is 0 Å². The van der Waals surface area contributed by atoms with Crippen LogP contribution >= 0.6 is 0 Å². The maximum atomic E-state index is 14.2. The minimum absolute atomic E-state index is 0.378. The van der Waals surface area contributed by atoms with E-state index in [1.165, 1.54) is 0 Å². The molecule has 0 saturated carbocycles. The maximum absolute atomic E-state index is 14.2. The molecule has 2 aliphatic heterocycles. The van der Waals surface area contributed by atoms with Gasteiger partial charge in [-0.15, -0.1) is 0 Å². The highest BCUT2D eigenvalue weighted by Crippen LogP contribution is 2.55. The molecule has 4 heteroatoms. The third-order valence-corrected chi connectivity index (χ3v) is 7.83. The van der Waals surface area contributed by atoms with Crippen LogP contribution in [0, 0.1) is 6.92 Å². The van der Waals surface area contributed by atoms with Crippen LogP contribution in [-0.4, -0.2) is 5.97 Å². The highest BCUT2D eigenvalue weighted by Gasteiger charge is 2.49. The second kappa shape index (κ2) is 9.60. The van der Waals surface area contributed by atoms with Crippen molar-refractivity contribution < 1.29 is 19.0 Å². The summed E-state index contributed by atoms with van der Waals surface area (Å²) in [6.45, 7) is 8.45. The van der Waals surface area contributed by atoms with Gasteiger partial charge in [0, 0.05) is 16.7 Å². The number of unbranched alkanes of at least 4 members (excludes halogenated alkanes) is 2. The van der Waals surface area contributed by atoms with Crippen LogP contribution in [-0.2, 0) is 22.5 Å². The quantitative estimate of drug-likeness (QED) is 0.190. The fraction of sp³-hybridized carbons (Fsp3) is 0.286.